The molecule has 1 heterocycles. The van der Waals surface area contributed by atoms with Gasteiger partial charge in [-0.2, -0.15) is 0 Å². The van der Waals surface area contributed by atoms with E-state index in [1.807, 2.05) is 0 Å². The highest BCUT2D eigenvalue weighted by Crippen LogP contribution is 2.45. The van der Waals surface area contributed by atoms with Gasteiger partial charge in [0.05, 0.1) is 16.6 Å². The van der Waals surface area contributed by atoms with Gasteiger partial charge in [-0.3, -0.25) is 4.18 Å². The predicted molar refractivity (Wildman–Crippen MR) is 61.0 cm³/mol. The fourth-order valence-electron chi connectivity index (χ4n) is 1.37. The maximum absolute atomic E-state index is 13.2. The normalized spacial score (nSPS) is 23.4. The predicted octanol–water partition coefficient (Wildman–Crippen LogP) is 2.41. The first-order valence-corrected chi connectivity index (χ1v) is 6.64. The zero-order valence-electron chi connectivity index (χ0n) is 9.11. The lowest BCUT2D eigenvalue weighted by atomic mass is 10.3. The number of benzene rings is 1. The average Bonchev–Trinajstić information content (AvgIpc) is 2.61. The van der Waals surface area contributed by atoms with Gasteiger partial charge in [0.25, 0.3) is 0 Å². The summed E-state index contributed by atoms with van der Waals surface area (Å²) >= 11 is 0. The lowest BCUT2D eigenvalue weighted by molar-refractivity contribution is 0.0559. The lowest BCUT2D eigenvalue weighted by Crippen LogP contribution is -2.23. The summed E-state index contributed by atoms with van der Waals surface area (Å²) in [7, 11) is -3.13. The van der Waals surface area contributed by atoms with E-state index < -0.39 is 28.9 Å². The SMILES string of the molecule is O=C(Oc1ccccc1F)OC1COS(O)(O)C1. The molecule has 2 N–H and O–H groups in total. The Labute approximate surface area is 104 Å². The van der Waals surface area contributed by atoms with Crippen LogP contribution in [0.1, 0.15) is 0 Å². The second-order valence-corrected chi connectivity index (χ2v) is 5.36. The van der Waals surface area contributed by atoms with Gasteiger partial charge in [0.2, 0.25) is 0 Å². The molecule has 8 heteroatoms. The van der Waals surface area contributed by atoms with Gasteiger partial charge in [0, 0.05) is 0 Å². The third-order valence-electron chi connectivity index (χ3n) is 2.14. The number of ether oxygens (including phenoxy) is 2. The van der Waals surface area contributed by atoms with Crippen LogP contribution in [-0.4, -0.2) is 33.7 Å². The van der Waals surface area contributed by atoms with Crippen molar-refractivity contribution in [1.82, 2.24) is 0 Å². The van der Waals surface area contributed by atoms with Crippen molar-refractivity contribution in [3.8, 4) is 5.75 Å². The Morgan fingerprint density at radius 2 is 2.17 bits per heavy atom. The molecule has 1 unspecified atom stereocenters. The van der Waals surface area contributed by atoms with E-state index in [-0.39, 0.29) is 18.1 Å². The Morgan fingerprint density at radius 3 is 2.78 bits per heavy atom. The molecule has 0 saturated carbocycles. The smallest absolute Gasteiger partial charge is 0.427 e. The number of hydrogen-bond acceptors (Lipinski definition) is 6. The molecule has 0 spiro atoms. The van der Waals surface area contributed by atoms with Crippen LogP contribution in [-0.2, 0) is 8.92 Å². The number of carbonyl (C=O) groups is 1. The van der Waals surface area contributed by atoms with Crippen LogP contribution in [0.25, 0.3) is 0 Å². The summed E-state index contributed by atoms with van der Waals surface area (Å²) < 4.78 is 45.4. The highest BCUT2D eigenvalue weighted by atomic mass is 32.3. The standard InChI is InChI=1S/C10H11FO6S/c11-8-3-1-2-4-9(8)17-10(12)16-7-5-15-18(13,14)6-7/h1-4,7,13-14H,5-6H2. The largest absolute Gasteiger partial charge is 0.514 e. The van der Waals surface area contributed by atoms with Crippen molar-refractivity contribution < 1.29 is 31.9 Å². The molecule has 0 aliphatic carbocycles. The molecule has 18 heavy (non-hydrogen) atoms. The number of rotatable bonds is 2. The van der Waals surface area contributed by atoms with E-state index in [4.69, 9.17) is 13.8 Å². The molecule has 1 saturated heterocycles. The Morgan fingerprint density at radius 1 is 1.44 bits per heavy atom. The monoisotopic (exact) mass is 278 g/mol. The van der Waals surface area contributed by atoms with Crippen LogP contribution < -0.4 is 4.74 Å². The fraction of sp³-hybridized carbons (Fsp3) is 0.300. The number of hydrogen-bond donors (Lipinski definition) is 2. The number of para-hydroxylation sites is 1. The Hall–Kier alpha value is -1.35. The summed E-state index contributed by atoms with van der Waals surface area (Å²) in [5.74, 6) is -1.16. The Balaban J connectivity index is 1.88. The average molecular weight is 278 g/mol. The summed E-state index contributed by atoms with van der Waals surface area (Å²) in [6.45, 7) is -0.130. The summed E-state index contributed by atoms with van der Waals surface area (Å²) in [5.41, 5.74) is 0. The van der Waals surface area contributed by atoms with Gasteiger partial charge < -0.3 is 18.6 Å². The number of halogens is 1. The molecule has 1 aromatic carbocycles. The van der Waals surface area contributed by atoms with Crippen molar-refractivity contribution in [2.75, 3.05) is 12.4 Å². The highest BCUT2D eigenvalue weighted by Gasteiger charge is 2.35. The van der Waals surface area contributed by atoms with Gasteiger partial charge in [0.15, 0.2) is 11.6 Å². The lowest BCUT2D eigenvalue weighted by Gasteiger charge is -2.17. The van der Waals surface area contributed by atoms with Crippen molar-refractivity contribution in [2.24, 2.45) is 0 Å². The summed E-state index contributed by atoms with van der Waals surface area (Å²) in [6, 6.07) is 5.36. The van der Waals surface area contributed by atoms with E-state index in [1.165, 1.54) is 18.2 Å². The molecule has 0 amide bonds. The molecule has 1 aliphatic rings. The van der Waals surface area contributed by atoms with Gasteiger partial charge in [0.1, 0.15) is 12.7 Å². The molecule has 2 rings (SSSR count). The maximum Gasteiger partial charge on any atom is 0.514 e. The van der Waals surface area contributed by atoms with Crippen molar-refractivity contribution in [1.29, 1.82) is 0 Å². The zero-order chi connectivity index (χ0) is 13.2. The Kier molecular flexibility index (Phi) is 3.71. The van der Waals surface area contributed by atoms with Gasteiger partial charge in [-0.05, 0) is 12.1 Å². The van der Waals surface area contributed by atoms with Gasteiger partial charge >= 0.3 is 6.16 Å². The second-order valence-electron chi connectivity index (χ2n) is 3.58. The second kappa shape index (κ2) is 5.11. The van der Waals surface area contributed by atoms with Crippen LogP contribution in [0.3, 0.4) is 0 Å². The quantitative estimate of drug-likeness (QED) is 0.638. The molecule has 1 aliphatic heterocycles. The van der Waals surface area contributed by atoms with Crippen LogP contribution in [0.2, 0.25) is 0 Å². The van der Waals surface area contributed by atoms with Crippen LogP contribution in [0.4, 0.5) is 9.18 Å². The minimum absolute atomic E-state index is 0.130. The van der Waals surface area contributed by atoms with Gasteiger partial charge in [-0.1, -0.05) is 12.1 Å². The van der Waals surface area contributed by atoms with Crippen LogP contribution in [0, 0.1) is 5.82 Å². The van der Waals surface area contributed by atoms with Crippen LogP contribution >= 0.6 is 10.9 Å². The molecule has 1 fully saturated rings. The molecule has 0 radical (unpaired) electrons. The van der Waals surface area contributed by atoms with Crippen molar-refractivity contribution in [2.45, 2.75) is 6.10 Å². The molecule has 1 atom stereocenters. The van der Waals surface area contributed by atoms with Crippen LogP contribution in [0.5, 0.6) is 5.75 Å². The Bertz CT molecular complexity index is 452. The summed E-state index contributed by atoms with van der Waals surface area (Å²) in [5, 5.41) is 0. The van der Waals surface area contributed by atoms with Gasteiger partial charge in [-0.25, -0.2) is 9.18 Å². The van der Waals surface area contributed by atoms with Crippen molar-refractivity contribution in [3.63, 3.8) is 0 Å². The summed E-state index contributed by atoms with van der Waals surface area (Å²) in [4.78, 5) is 11.3. The molecule has 0 aromatic heterocycles. The first-order valence-electron chi connectivity index (χ1n) is 4.99. The van der Waals surface area contributed by atoms with E-state index in [9.17, 15) is 9.18 Å². The summed E-state index contributed by atoms with van der Waals surface area (Å²) in [6.07, 6.45) is -1.93. The maximum atomic E-state index is 13.2. The highest BCUT2D eigenvalue weighted by molar-refractivity contribution is 8.20. The topological polar surface area (TPSA) is 85.2 Å². The molecule has 6 nitrogen and oxygen atoms in total. The van der Waals surface area contributed by atoms with Crippen molar-refractivity contribution >= 4 is 17.0 Å². The molecule has 0 bridgehead atoms. The third-order valence-corrected chi connectivity index (χ3v) is 3.46. The van der Waals surface area contributed by atoms with Gasteiger partial charge in [-0.15, -0.1) is 0 Å². The third kappa shape index (κ3) is 3.33. The minimum atomic E-state index is -3.13. The first-order chi connectivity index (χ1) is 8.46. The van der Waals surface area contributed by atoms with Crippen LogP contribution in [0.15, 0.2) is 24.3 Å². The molecule has 100 valence electrons. The first kappa shape index (κ1) is 13.1. The van der Waals surface area contributed by atoms with E-state index in [1.54, 1.807) is 0 Å². The van der Waals surface area contributed by atoms with E-state index in [0.29, 0.717) is 0 Å². The van der Waals surface area contributed by atoms with Crippen molar-refractivity contribution in [3.05, 3.63) is 30.1 Å². The van der Waals surface area contributed by atoms with E-state index in [0.717, 1.165) is 6.07 Å². The molecular formula is C10H11FO6S. The molecule has 1 aromatic rings. The number of carbonyl (C=O) groups excluding carboxylic acids is 1. The minimum Gasteiger partial charge on any atom is -0.427 e. The zero-order valence-corrected chi connectivity index (χ0v) is 9.93. The van der Waals surface area contributed by atoms with E-state index in [2.05, 4.69) is 8.92 Å². The fourth-order valence-corrected chi connectivity index (χ4v) is 2.48. The van der Waals surface area contributed by atoms with E-state index >= 15 is 0 Å². The molecular weight excluding hydrogens is 267 g/mol.